The van der Waals surface area contributed by atoms with Crippen molar-refractivity contribution in [3.05, 3.63) is 59.9 Å². The van der Waals surface area contributed by atoms with E-state index in [4.69, 9.17) is 0 Å². The molecular formula is C16H16FN3. The first-order valence-corrected chi connectivity index (χ1v) is 6.71. The van der Waals surface area contributed by atoms with Gasteiger partial charge in [-0.15, -0.1) is 0 Å². The Morgan fingerprint density at radius 3 is 2.80 bits per heavy atom. The summed E-state index contributed by atoms with van der Waals surface area (Å²) in [6.07, 6.45) is 0. The number of nitrogens with one attached hydrogen (secondary N) is 1. The second kappa shape index (κ2) is 5.33. The molecule has 0 radical (unpaired) electrons. The van der Waals surface area contributed by atoms with Crippen LogP contribution in [0.15, 0.2) is 48.5 Å². The van der Waals surface area contributed by atoms with Gasteiger partial charge in [0, 0.05) is 6.54 Å². The van der Waals surface area contributed by atoms with Gasteiger partial charge in [0.15, 0.2) is 0 Å². The molecule has 0 amide bonds. The maximum Gasteiger partial charge on any atom is 0.204 e. The molecule has 0 saturated carbocycles. The van der Waals surface area contributed by atoms with Gasteiger partial charge < -0.3 is 9.88 Å². The van der Waals surface area contributed by atoms with Gasteiger partial charge in [-0.3, -0.25) is 0 Å². The van der Waals surface area contributed by atoms with Gasteiger partial charge in [0.05, 0.1) is 17.6 Å². The summed E-state index contributed by atoms with van der Waals surface area (Å²) in [5, 5.41) is 3.26. The summed E-state index contributed by atoms with van der Waals surface area (Å²) in [4.78, 5) is 4.58. The van der Waals surface area contributed by atoms with Gasteiger partial charge in [-0.25, -0.2) is 9.37 Å². The average Bonchev–Trinajstić information content (AvgIpc) is 2.78. The van der Waals surface area contributed by atoms with Crippen molar-refractivity contribution in [1.82, 2.24) is 9.55 Å². The molecule has 102 valence electrons. The highest BCUT2D eigenvalue weighted by molar-refractivity contribution is 5.78. The van der Waals surface area contributed by atoms with E-state index in [0.29, 0.717) is 6.54 Å². The quantitative estimate of drug-likeness (QED) is 0.783. The maximum absolute atomic E-state index is 13.3. The van der Waals surface area contributed by atoms with Crippen LogP contribution in [-0.4, -0.2) is 16.1 Å². The number of hydrogen-bond acceptors (Lipinski definition) is 2. The van der Waals surface area contributed by atoms with Crippen LogP contribution >= 0.6 is 0 Å². The molecule has 1 aromatic heterocycles. The van der Waals surface area contributed by atoms with Crippen LogP contribution in [0.4, 0.5) is 10.3 Å². The lowest BCUT2D eigenvalue weighted by atomic mass is 10.2. The molecule has 3 nitrogen and oxygen atoms in total. The van der Waals surface area contributed by atoms with Gasteiger partial charge in [-0.2, -0.15) is 0 Å². The molecule has 1 heterocycles. The number of anilines is 1. The fourth-order valence-electron chi connectivity index (χ4n) is 2.35. The zero-order valence-electron chi connectivity index (χ0n) is 11.3. The Morgan fingerprint density at radius 2 is 2.00 bits per heavy atom. The smallest absolute Gasteiger partial charge is 0.204 e. The van der Waals surface area contributed by atoms with Gasteiger partial charge in [-0.05, 0) is 36.8 Å². The SMILES string of the molecule is CCNc1nc2ccccc2n1Cc1cccc(F)c1. The molecule has 4 heteroatoms. The Hall–Kier alpha value is -2.36. The van der Waals surface area contributed by atoms with Gasteiger partial charge in [0.2, 0.25) is 5.95 Å². The molecule has 0 aliphatic carbocycles. The highest BCUT2D eigenvalue weighted by Crippen LogP contribution is 2.21. The lowest BCUT2D eigenvalue weighted by molar-refractivity contribution is 0.624. The average molecular weight is 269 g/mol. The summed E-state index contributed by atoms with van der Waals surface area (Å²) >= 11 is 0. The zero-order valence-corrected chi connectivity index (χ0v) is 11.3. The Labute approximate surface area is 117 Å². The lowest BCUT2D eigenvalue weighted by Crippen LogP contribution is -2.08. The fourth-order valence-corrected chi connectivity index (χ4v) is 2.35. The van der Waals surface area contributed by atoms with E-state index in [1.807, 2.05) is 37.3 Å². The number of rotatable bonds is 4. The topological polar surface area (TPSA) is 29.9 Å². The molecule has 0 unspecified atom stereocenters. The predicted molar refractivity (Wildman–Crippen MR) is 79.4 cm³/mol. The third-order valence-corrected chi connectivity index (χ3v) is 3.22. The first-order valence-electron chi connectivity index (χ1n) is 6.71. The van der Waals surface area contributed by atoms with Crippen molar-refractivity contribution in [2.75, 3.05) is 11.9 Å². The van der Waals surface area contributed by atoms with Crippen molar-refractivity contribution < 1.29 is 4.39 Å². The van der Waals surface area contributed by atoms with E-state index in [1.54, 1.807) is 12.1 Å². The van der Waals surface area contributed by atoms with Crippen LogP contribution in [-0.2, 0) is 6.54 Å². The lowest BCUT2D eigenvalue weighted by Gasteiger charge is -2.10. The van der Waals surface area contributed by atoms with Crippen molar-refractivity contribution in [3.63, 3.8) is 0 Å². The molecule has 0 atom stereocenters. The van der Waals surface area contributed by atoms with E-state index in [2.05, 4.69) is 14.9 Å². The molecule has 2 aromatic carbocycles. The zero-order chi connectivity index (χ0) is 13.9. The molecule has 0 saturated heterocycles. The van der Waals surface area contributed by atoms with E-state index in [-0.39, 0.29) is 5.82 Å². The molecule has 1 N–H and O–H groups in total. The largest absolute Gasteiger partial charge is 0.356 e. The minimum absolute atomic E-state index is 0.211. The van der Waals surface area contributed by atoms with Crippen LogP contribution in [0.5, 0.6) is 0 Å². The normalized spacial score (nSPS) is 10.9. The van der Waals surface area contributed by atoms with Crippen molar-refractivity contribution in [3.8, 4) is 0 Å². The van der Waals surface area contributed by atoms with Crippen LogP contribution in [0, 0.1) is 5.82 Å². The molecular weight excluding hydrogens is 253 g/mol. The van der Waals surface area contributed by atoms with E-state index < -0.39 is 0 Å². The predicted octanol–water partition coefficient (Wildman–Crippen LogP) is 3.66. The summed E-state index contributed by atoms with van der Waals surface area (Å²) < 4.78 is 15.4. The number of fused-ring (bicyclic) bond motifs is 1. The summed E-state index contributed by atoms with van der Waals surface area (Å²) in [6.45, 7) is 3.43. The Kier molecular flexibility index (Phi) is 3.37. The number of para-hydroxylation sites is 2. The summed E-state index contributed by atoms with van der Waals surface area (Å²) in [7, 11) is 0. The molecule has 20 heavy (non-hydrogen) atoms. The minimum Gasteiger partial charge on any atom is -0.356 e. The molecule has 0 bridgehead atoms. The van der Waals surface area contributed by atoms with Crippen molar-refractivity contribution in [1.29, 1.82) is 0 Å². The minimum atomic E-state index is -0.211. The fraction of sp³-hybridized carbons (Fsp3) is 0.188. The second-order valence-electron chi connectivity index (χ2n) is 4.67. The standard InChI is InChI=1S/C16H16FN3/c1-2-18-16-19-14-8-3-4-9-15(14)20(16)11-12-6-5-7-13(17)10-12/h3-10H,2,11H2,1H3,(H,18,19). The first-order chi connectivity index (χ1) is 9.78. The van der Waals surface area contributed by atoms with E-state index in [1.165, 1.54) is 6.07 Å². The maximum atomic E-state index is 13.3. The number of hydrogen-bond donors (Lipinski definition) is 1. The molecule has 0 aliphatic rings. The highest BCUT2D eigenvalue weighted by Gasteiger charge is 2.10. The summed E-state index contributed by atoms with van der Waals surface area (Å²) in [5.74, 6) is 0.606. The first kappa shape index (κ1) is 12.7. The van der Waals surface area contributed by atoms with Gasteiger partial charge in [-0.1, -0.05) is 24.3 Å². The van der Waals surface area contributed by atoms with Crippen LogP contribution in [0.1, 0.15) is 12.5 Å². The molecule has 0 spiro atoms. The van der Waals surface area contributed by atoms with E-state index in [0.717, 1.165) is 29.1 Å². The van der Waals surface area contributed by atoms with Crippen molar-refractivity contribution in [2.45, 2.75) is 13.5 Å². The Bertz CT molecular complexity index is 733. The number of aromatic nitrogens is 2. The van der Waals surface area contributed by atoms with Gasteiger partial charge >= 0.3 is 0 Å². The van der Waals surface area contributed by atoms with Crippen LogP contribution in [0.25, 0.3) is 11.0 Å². The Morgan fingerprint density at radius 1 is 1.15 bits per heavy atom. The number of nitrogens with zero attached hydrogens (tertiary/aromatic N) is 2. The van der Waals surface area contributed by atoms with Gasteiger partial charge in [0.1, 0.15) is 5.82 Å². The van der Waals surface area contributed by atoms with Crippen LogP contribution in [0.3, 0.4) is 0 Å². The van der Waals surface area contributed by atoms with Crippen LogP contribution < -0.4 is 5.32 Å². The van der Waals surface area contributed by atoms with Gasteiger partial charge in [0.25, 0.3) is 0 Å². The third-order valence-electron chi connectivity index (χ3n) is 3.22. The molecule has 0 aliphatic heterocycles. The highest BCUT2D eigenvalue weighted by atomic mass is 19.1. The monoisotopic (exact) mass is 269 g/mol. The molecule has 3 aromatic rings. The number of benzene rings is 2. The molecule has 3 rings (SSSR count). The number of halogens is 1. The molecule has 0 fully saturated rings. The Balaban J connectivity index is 2.06. The second-order valence-corrected chi connectivity index (χ2v) is 4.67. The number of imidazole rings is 1. The van der Waals surface area contributed by atoms with Crippen molar-refractivity contribution >= 4 is 17.0 Å². The summed E-state index contributed by atoms with van der Waals surface area (Å²) in [5.41, 5.74) is 2.92. The van der Waals surface area contributed by atoms with E-state index >= 15 is 0 Å². The van der Waals surface area contributed by atoms with Crippen molar-refractivity contribution in [2.24, 2.45) is 0 Å². The third kappa shape index (κ3) is 2.37. The van der Waals surface area contributed by atoms with E-state index in [9.17, 15) is 4.39 Å². The summed E-state index contributed by atoms with van der Waals surface area (Å²) in [6, 6.07) is 14.6. The van der Waals surface area contributed by atoms with Crippen LogP contribution in [0.2, 0.25) is 0 Å².